The molecule has 2 nitrogen and oxygen atoms in total. The molecule has 1 rings (SSSR count). The summed E-state index contributed by atoms with van der Waals surface area (Å²) in [5.74, 6) is -1.09. The van der Waals surface area contributed by atoms with Gasteiger partial charge in [0, 0.05) is 0 Å². The van der Waals surface area contributed by atoms with Crippen LogP contribution in [-0.2, 0) is 17.1 Å². The second-order valence-electron chi connectivity index (χ2n) is 3.88. The van der Waals surface area contributed by atoms with Crippen LogP contribution in [-0.4, -0.2) is 12.6 Å². The van der Waals surface area contributed by atoms with Crippen molar-refractivity contribution in [1.29, 1.82) is 0 Å². The molecule has 0 amide bonds. The number of carbonyl (C=O) groups is 1. The van der Waals surface area contributed by atoms with Crippen LogP contribution in [0.4, 0.5) is 26.3 Å². The van der Waals surface area contributed by atoms with Crippen LogP contribution in [0, 0.1) is 6.92 Å². The van der Waals surface area contributed by atoms with Gasteiger partial charge in [-0.25, -0.2) is 4.79 Å². The van der Waals surface area contributed by atoms with Crippen LogP contribution >= 0.6 is 0 Å². The highest BCUT2D eigenvalue weighted by Crippen LogP contribution is 2.42. The molecule has 0 aliphatic carbocycles. The van der Waals surface area contributed by atoms with Crippen molar-refractivity contribution in [3.8, 4) is 0 Å². The fourth-order valence-corrected chi connectivity index (χ4v) is 1.74. The van der Waals surface area contributed by atoms with Crippen molar-refractivity contribution in [2.75, 3.05) is 6.61 Å². The molecule has 0 heterocycles. The number of hydrogen-bond donors (Lipinski definition) is 0. The molecule has 0 bridgehead atoms. The van der Waals surface area contributed by atoms with Gasteiger partial charge in [0.1, 0.15) is 0 Å². The van der Waals surface area contributed by atoms with Gasteiger partial charge in [0.25, 0.3) is 0 Å². The monoisotopic (exact) mass is 300 g/mol. The number of hydrogen-bond acceptors (Lipinski definition) is 2. The van der Waals surface area contributed by atoms with E-state index in [4.69, 9.17) is 0 Å². The van der Waals surface area contributed by atoms with Gasteiger partial charge in [-0.15, -0.1) is 0 Å². The van der Waals surface area contributed by atoms with E-state index in [1.807, 2.05) is 0 Å². The molecule has 0 N–H and O–H groups in total. The Morgan fingerprint density at radius 2 is 1.65 bits per heavy atom. The van der Waals surface area contributed by atoms with Crippen molar-refractivity contribution >= 4 is 5.97 Å². The summed E-state index contributed by atoms with van der Waals surface area (Å²) in [4.78, 5) is 11.4. The van der Waals surface area contributed by atoms with Gasteiger partial charge >= 0.3 is 18.3 Å². The number of benzene rings is 1. The van der Waals surface area contributed by atoms with Gasteiger partial charge in [-0.3, -0.25) is 0 Å². The summed E-state index contributed by atoms with van der Waals surface area (Å²) in [7, 11) is 0. The van der Waals surface area contributed by atoms with E-state index in [1.54, 1.807) is 0 Å². The van der Waals surface area contributed by atoms with E-state index >= 15 is 0 Å². The summed E-state index contributed by atoms with van der Waals surface area (Å²) < 4.78 is 80.8. The molecule has 0 saturated heterocycles. The van der Waals surface area contributed by atoms with Crippen molar-refractivity contribution in [2.45, 2.75) is 26.2 Å². The summed E-state index contributed by atoms with van der Waals surface area (Å²) in [6.45, 7) is 2.15. The SMILES string of the molecule is CCOC(=O)c1ccc(C(F)(F)F)c(C(F)(F)F)c1C. The van der Waals surface area contributed by atoms with Gasteiger partial charge in [0.05, 0.1) is 23.3 Å². The molecule has 0 atom stereocenters. The molecule has 0 aliphatic rings. The third-order valence-electron chi connectivity index (χ3n) is 2.55. The Hall–Kier alpha value is -1.73. The van der Waals surface area contributed by atoms with Crippen LogP contribution < -0.4 is 0 Å². The second kappa shape index (κ2) is 5.34. The largest absolute Gasteiger partial charge is 0.462 e. The summed E-state index contributed by atoms with van der Waals surface area (Å²) in [5, 5.41) is 0. The molecule has 0 unspecified atom stereocenters. The van der Waals surface area contributed by atoms with Crippen molar-refractivity contribution in [3.05, 3.63) is 34.4 Å². The molecule has 0 saturated carbocycles. The first-order chi connectivity index (χ1) is 9.00. The minimum atomic E-state index is -5.22. The molecule has 20 heavy (non-hydrogen) atoms. The van der Waals surface area contributed by atoms with E-state index < -0.39 is 40.6 Å². The highest BCUT2D eigenvalue weighted by molar-refractivity contribution is 5.91. The molecular weight excluding hydrogens is 290 g/mol. The normalized spacial score (nSPS) is 12.4. The van der Waals surface area contributed by atoms with Crippen molar-refractivity contribution in [3.63, 3.8) is 0 Å². The predicted octanol–water partition coefficient (Wildman–Crippen LogP) is 4.21. The molecule has 0 spiro atoms. The number of esters is 1. The van der Waals surface area contributed by atoms with E-state index in [0.29, 0.717) is 6.07 Å². The van der Waals surface area contributed by atoms with Gasteiger partial charge in [0.2, 0.25) is 0 Å². The second-order valence-corrected chi connectivity index (χ2v) is 3.88. The highest BCUT2D eigenvalue weighted by atomic mass is 19.4. The Morgan fingerprint density at radius 3 is 2.05 bits per heavy atom. The van der Waals surface area contributed by atoms with Crippen LogP contribution in [0.5, 0.6) is 0 Å². The fourth-order valence-electron chi connectivity index (χ4n) is 1.74. The molecule has 8 heteroatoms. The van der Waals surface area contributed by atoms with Crippen molar-refractivity contribution in [2.24, 2.45) is 0 Å². The van der Waals surface area contributed by atoms with Crippen LogP contribution in [0.3, 0.4) is 0 Å². The Morgan fingerprint density at radius 1 is 1.10 bits per heavy atom. The minimum absolute atomic E-state index is 0.0966. The van der Waals surface area contributed by atoms with Gasteiger partial charge in [0.15, 0.2) is 0 Å². The van der Waals surface area contributed by atoms with Gasteiger partial charge in [-0.2, -0.15) is 26.3 Å². The third kappa shape index (κ3) is 3.23. The van der Waals surface area contributed by atoms with E-state index in [2.05, 4.69) is 4.74 Å². The van der Waals surface area contributed by atoms with Crippen LogP contribution in [0.2, 0.25) is 0 Å². The van der Waals surface area contributed by atoms with Gasteiger partial charge in [-0.05, 0) is 31.5 Å². The third-order valence-corrected chi connectivity index (χ3v) is 2.55. The Kier molecular flexibility index (Phi) is 4.36. The van der Waals surface area contributed by atoms with Crippen LogP contribution in [0.1, 0.15) is 34.0 Å². The predicted molar refractivity (Wildman–Crippen MR) is 57.1 cm³/mol. The lowest BCUT2D eigenvalue weighted by molar-refractivity contribution is -0.162. The zero-order valence-corrected chi connectivity index (χ0v) is 10.4. The van der Waals surface area contributed by atoms with E-state index in [0.717, 1.165) is 6.92 Å². The lowest BCUT2D eigenvalue weighted by Crippen LogP contribution is -2.20. The summed E-state index contributed by atoms with van der Waals surface area (Å²) in [6, 6.07) is 0.924. The molecule has 0 aromatic heterocycles. The quantitative estimate of drug-likeness (QED) is 0.604. The molecule has 1 aromatic carbocycles. The molecule has 0 fully saturated rings. The molecule has 0 radical (unpaired) electrons. The minimum Gasteiger partial charge on any atom is -0.462 e. The maximum atomic E-state index is 12.8. The van der Waals surface area contributed by atoms with E-state index in [-0.39, 0.29) is 12.7 Å². The molecular formula is C12H10F6O2. The Bertz CT molecular complexity index is 516. The summed E-state index contributed by atoms with van der Waals surface area (Å²) in [5.41, 5.74) is -5.02. The number of rotatable bonds is 2. The van der Waals surface area contributed by atoms with Crippen molar-refractivity contribution in [1.82, 2.24) is 0 Å². The molecule has 1 aromatic rings. The van der Waals surface area contributed by atoms with Gasteiger partial charge < -0.3 is 4.74 Å². The number of carbonyl (C=O) groups excluding carboxylic acids is 1. The Balaban J connectivity index is 3.56. The maximum absolute atomic E-state index is 12.8. The molecule has 0 aliphatic heterocycles. The lowest BCUT2D eigenvalue weighted by atomic mass is 9.96. The first-order valence-electron chi connectivity index (χ1n) is 5.45. The topological polar surface area (TPSA) is 26.3 Å². The summed E-state index contributed by atoms with van der Waals surface area (Å²) >= 11 is 0. The lowest BCUT2D eigenvalue weighted by Gasteiger charge is -2.19. The average molecular weight is 300 g/mol. The van der Waals surface area contributed by atoms with E-state index in [9.17, 15) is 31.1 Å². The van der Waals surface area contributed by atoms with Gasteiger partial charge in [-0.1, -0.05) is 0 Å². The summed E-state index contributed by atoms with van der Waals surface area (Å²) in [6.07, 6.45) is -10.4. The Labute approximate surface area is 110 Å². The first-order valence-corrected chi connectivity index (χ1v) is 5.45. The fraction of sp³-hybridized carbons (Fsp3) is 0.417. The first kappa shape index (κ1) is 16.3. The molecule has 112 valence electrons. The zero-order chi connectivity index (χ0) is 15.7. The average Bonchev–Trinajstić information content (AvgIpc) is 2.25. The number of halogens is 6. The van der Waals surface area contributed by atoms with Crippen molar-refractivity contribution < 1.29 is 35.9 Å². The maximum Gasteiger partial charge on any atom is 0.417 e. The zero-order valence-electron chi connectivity index (χ0n) is 10.4. The highest BCUT2D eigenvalue weighted by Gasteiger charge is 2.45. The smallest absolute Gasteiger partial charge is 0.417 e. The number of ether oxygens (including phenoxy) is 1. The standard InChI is InChI=1S/C12H10F6O2/c1-3-20-10(19)7-4-5-8(11(13,14)15)9(6(7)2)12(16,17)18/h4-5H,3H2,1-2H3. The number of alkyl halides is 6. The van der Waals surface area contributed by atoms with E-state index in [1.165, 1.54) is 6.92 Å². The van der Waals surface area contributed by atoms with Crippen LogP contribution in [0.25, 0.3) is 0 Å². The van der Waals surface area contributed by atoms with Crippen LogP contribution in [0.15, 0.2) is 12.1 Å².